The van der Waals surface area contributed by atoms with Crippen molar-refractivity contribution >= 4 is 22.7 Å². The van der Waals surface area contributed by atoms with Gasteiger partial charge in [-0.1, -0.05) is 32.0 Å². The number of benzene rings is 1. The molecular weight excluding hydrogens is 292 g/mol. The van der Waals surface area contributed by atoms with Gasteiger partial charge >= 0.3 is 6.09 Å². The number of rotatable bonds is 1. The number of carbonyl (C=O) groups is 1. The van der Waals surface area contributed by atoms with Gasteiger partial charge in [-0.25, -0.2) is 4.79 Å². The Balaban J connectivity index is 1.96. The standard InChI is InChI=1S/C18H16N2O3/c1-18(2)10-20(17(21)22)12-7-8-19-16(15(12)18)14-9-11-5-3-4-6-13(11)23-14/h3-9H,10H2,1-2H3,(H,21,22). The summed E-state index contributed by atoms with van der Waals surface area (Å²) in [5.41, 5.74) is 2.80. The molecule has 3 heterocycles. The highest BCUT2D eigenvalue weighted by Gasteiger charge is 2.41. The summed E-state index contributed by atoms with van der Waals surface area (Å²) in [5, 5.41) is 10.5. The van der Waals surface area contributed by atoms with Crippen LogP contribution in [0.4, 0.5) is 10.5 Å². The first-order valence-corrected chi connectivity index (χ1v) is 7.46. The molecule has 1 aromatic carbocycles. The zero-order valence-electron chi connectivity index (χ0n) is 12.9. The van der Waals surface area contributed by atoms with Gasteiger partial charge in [0.05, 0.1) is 5.69 Å². The van der Waals surface area contributed by atoms with Crippen LogP contribution in [0.15, 0.2) is 47.0 Å². The van der Waals surface area contributed by atoms with Crippen LogP contribution in [0.3, 0.4) is 0 Å². The SMILES string of the molecule is CC1(C)CN(C(=O)O)c2ccnc(-c3cc4ccccc4o3)c21. The van der Waals surface area contributed by atoms with E-state index in [1.54, 1.807) is 12.3 Å². The molecule has 1 amide bonds. The second-order valence-electron chi connectivity index (χ2n) is 6.45. The number of amides is 1. The lowest BCUT2D eigenvalue weighted by atomic mass is 9.85. The van der Waals surface area contributed by atoms with Crippen molar-refractivity contribution in [1.82, 2.24) is 4.98 Å². The van der Waals surface area contributed by atoms with Crippen molar-refractivity contribution in [3.8, 4) is 11.5 Å². The van der Waals surface area contributed by atoms with Gasteiger partial charge in [-0.3, -0.25) is 9.88 Å². The van der Waals surface area contributed by atoms with E-state index in [9.17, 15) is 9.90 Å². The van der Waals surface area contributed by atoms with E-state index in [0.29, 0.717) is 23.7 Å². The zero-order chi connectivity index (χ0) is 16.2. The molecule has 0 fully saturated rings. The predicted molar refractivity (Wildman–Crippen MR) is 87.8 cm³/mol. The third-order valence-corrected chi connectivity index (χ3v) is 4.34. The van der Waals surface area contributed by atoms with E-state index in [2.05, 4.69) is 4.98 Å². The van der Waals surface area contributed by atoms with E-state index in [4.69, 9.17) is 4.42 Å². The Morgan fingerprint density at radius 2 is 2.09 bits per heavy atom. The average molecular weight is 308 g/mol. The van der Waals surface area contributed by atoms with Crippen LogP contribution in [0.25, 0.3) is 22.4 Å². The quantitative estimate of drug-likeness (QED) is 0.729. The van der Waals surface area contributed by atoms with E-state index in [1.165, 1.54) is 4.90 Å². The molecule has 116 valence electrons. The molecule has 5 nitrogen and oxygen atoms in total. The molecule has 4 rings (SSSR count). The number of aromatic nitrogens is 1. The van der Waals surface area contributed by atoms with Gasteiger partial charge in [0.1, 0.15) is 11.3 Å². The van der Waals surface area contributed by atoms with Gasteiger partial charge in [0.25, 0.3) is 0 Å². The van der Waals surface area contributed by atoms with E-state index < -0.39 is 6.09 Å². The van der Waals surface area contributed by atoms with Crippen LogP contribution in [0.5, 0.6) is 0 Å². The van der Waals surface area contributed by atoms with E-state index >= 15 is 0 Å². The molecule has 3 aromatic rings. The number of carboxylic acid groups (broad SMARTS) is 1. The van der Waals surface area contributed by atoms with Crippen LogP contribution in [0, 0.1) is 0 Å². The van der Waals surface area contributed by atoms with Crippen LogP contribution in [-0.4, -0.2) is 22.7 Å². The third-order valence-electron chi connectivity index (χ3n) is 4.34. The van der Waals surface area contributed by atoms with Crippen molar-refractivity contribution in [2.75, 3.05) is 11.4 Å². The first-order valence-electron chi connectivity index (χ1n) is 7.46. The molecule has 1 N–H and O–H groups in total. The van der Waals surface area contributed by atoms with Crippen molar-refractivity contribution in [3.05, 3.63) is 48.2 Å². The summed E-state index contributed by atoms with van der Waals surface area (Å²) in [6.45, 7) is 4.47. The molecule has 1 aliphatic rings. The number of hydrogen-bond donors (Lipinski definition) is 1. The molecule has 0 saturated carbocycles. The maximum absolute atomic E-state index is 11.5. The molecule has 0 spiro atoms. The summed E-state index contributed by atoms with van der Waals surface area (Å²) in [4.78, 5) is 17.4. The minimum atomic E-state index is -0.946. The molecule has 0 bridgehead atoms. The number of pyridine rings is 1. The first kappa shape index (κ1) is 13.8. The van der Waals surface area contributed by atoms with Crippen molar-refractivity contribution in [3.63, 3.8) is 0 Å². The normalized spacial score (nSPS) is 15.8. The number of nitrogens with zero attached hydrogens (tertiary/aromatic N) is 2. The second-order valence-corrected chi connectivity index (χ2v) is 6.45. The largest absolute Gasteiger partial charge is 0.465 e. The van der Waals surface area contributed by atoms with Crippen LogP contribution >= 0.6 is 0 Å². The van der Waals surface area contributed by atoms with Crippen LogP contribution in [-0.2, 0) is 5.41 Å². The monoisotopic (exact) mass is 308 g/mol. The fourth-order valence-corrected chi connectivity index (χ4v) is 3.36. The van der Waals surface area contributed by atoms with Gasteiger partial charge in [0.2, 0.25) is 0 Å². The number of furan rings is 1. The van der Waals surface area contributed by atoms with Gasteiger partial charge in [0.15, 0.2) is 5.76 Å². The van der Waals surface area contributed by atoms with Gasteiger partial charge < -0.3 is 9.52 Å². The van der Waals surface area contributed by atoms with Crippen molar-refractivity contribution in [2.45, 2.75) is 19.3 Å². The molecular formula is C18H16N2O3. The number of para-hydroxylation sites is 1. The smallest absolute Gasteiger partial charge is 0.411 e. The molecule has 23 heavy (non-hydrogen) atoms. The highest BCUT2D eigenvalue weighted by molar-refractivity contribution is 5.93. The number of anilines is 1. The van der Waals surface area contributed by atoms with E-state index in [1.807, 2.05) is 44.2 Å². The molecule has 0 atom stereocenters. The third kappa shape index (κ3) is 2.00. The van der Waals surface area contributed by atoms with Crippen molar-refractivity contribution in [1.29, 1.82) is 0 Å². The second kappa shape index (κ2) is 4.59. The zero-order valence-corrected chi connectivity index (χ0v) is 12.9. The Bertz CT molecular complexity index is 894. The molecule has 2 aromatic heterocycles. The minimum absolute atomic E-state index is 0.323. The Morgan fingerprint density at radius 3 is 2.83 bits per heavy atom. The van der Waals surface area contributed by atoms with Crippen LogP contribution < -0.4 is 4.90 Å². The van der Waals surface area contributed by atoms with E-state index in [-0.39, 0.29) is 5.41 Å². The van der Waals surface area contributed by atoms with Gasteiger partial charge in [-0.2, -0.15) is 0 Å². The first-order chi connectivity index (χ1) is 11.0. The summed E-state index contributed by atoms with van der Waals surface area (Å²) < 4.78 is 5.94. The van der Waals surface area contributed by atoms with Gasteiger partial charge in [-0.15, -0.1) is 0 Å². The molecule has 0 saturated heterocycles. The van der Waals surface area contributed by atoms with E-state index in [0.717, 1.165) is 16.5 Å². The average Bonchev–Trinajstić information content (AvgIpc) is 3.06. The number of fused-ring (bicyclic) bond motifs is 2. The lowest BCUT2D eigenvalue weighted by Crippen LogP contribution is -2.32. The summed E-state index contributed by atoms with van der Waals surface area (Å²) in [5.74, 6) is 0.670. The fraction of sp³-hybridized carbons (Fsp3) is 0.222. The van der Waals surface area contributed by atoms with Crippen molar-refractivity contribution in [2.24, 2.45) is 0 Å². The highest BCUT2D eigenvalue weighted by atomic mass is 16.4. The van der Waals surface area contributed by atoms with Gasteiger partial charge in [0, 0.05) is 29.1 Å². The lowest BCUT2D eigenvalue weighted by molar-refractivity contribution is 0.201. The molecule has 5 heteroatoms. The Labute approximate surface area is 133 Å². The molecule has 0 aliphatic carbocycles. The Morgan fingerprint density at radius 1 is 1.30 bits per heavy atom. The summed E-state index contributed by atoms with van der Waals surface area (Å²) >= 11 is 0. The van der Waals surface area contributed by atoms with Gasteiger partial charge in [-0.05, 0) is 18.2 Å². The van der Waals surface area contributed by atoms with Crippen LogP contribution in [0.2, 0.25) is 0 Å². The lowest BCUT2D eigenvalue weighted by Gasteiger charge is -2.19. The summed E-state index contributed by atoms with van der Waals surface area (Å²) in [7, 11) is 0. The maximum Gasteiger partial charge on any atom is 0.411 e. The van der Waals surface area contributed by atoms with Crippen LogP contribution in [0.1, 0.15) is 19.4 Å². The topological polar surface area (TPSA) is 66.6 Å². The molecule has 0 unspecified atom stereocenters. The highest BCUT2D eigenvalue weighted by Crippen LogP contribution is 2.45. The summed E-state index contributed by atoms with van der Waals surface area (Å²) in [6.07, 6.45) is 0.692. The maximum atomic E-state index is 11.5. The number of hydrogen-bond acceptors (Lipinski definition) is 3. The Kier molecular flexibility index (Phi) is 2.75. The predicted octanol–water partition coefficient (Wildman–Crippen LogP) is 4.27. The minimum Gasteiger partial charge on any atom is -0.465 e. The Hall–Kier alpha value is -2.82. The fourth-order valence-electron chi connectivity index (χ4n) is 3.36. The summed E-state index contributed by atoms with van der Waals surface area (Å²) in [6, 6.07) is 11.5. The van der Waals surface area contributed by atoms with Crippen molar-refractivity contribution < 1.29 is 14.3 Å². The molecule has 1 aliphatic heterocycles. The molecule has 0 radical (unpaired) electrons.